The summed E-state index contributed by atoms with van der Waals surface area (Å²) < 4.78 is 0. The van der Waals surface area contributed by atoms with E-state index in [9.17, 15) is 4.79 Å². The highest BCUT2D eigenvalue weighted by molar-refractivity contribution is 6.31. The first kappa shape index (κ1) is 11.4. The zero-order chi connectivity index (χ0) is 11.5. The van der Waals surface area contributed by atoms with Crippen LogP contribution in [-0.2, 0) is 11.3 Å². The van der Waals surface area contributed by atoms with E-state index >= 15 is 0 Å². The normalized spacial score (nSPS) is 21.2. The Morgan fingerprint density at radius 1 is 1.69 bits per heavy atom. The summed E-state index contributed by atoms with van der Waals surface area (Å²) in [5.41, 5.74) is 0.935. The summed E-state index contributed by atoms with van der Waals surface area (Å²) in [6.45, 7) is 1.40. The monoisotopic (exact) mass is 240 g/mol. The van der Waals surface area contributed by atoms with Gasteiger partial charge in [0.1, 0.15) is 6.04 Å². The highest BCUT2D eigenvalue weighted by Crippen LogP contribution is 2.23. The van der Waals surface area contributed by atoms with E-state index in [1.165, 1.54) is 0 Å². The highest BCUT2D eigenvalue weighted by atomic mass is 35.5. The number of hydrogen-bond acceptors (Lipinski definition) is 3. The first-order valence-electron chi connectivity index (χ1n) is 5.23. The van der Waals surface area contributed by atoms with Crippen LogP contribution in [0.5, 0.6) is 0 Å². The Morgan fingerprint density at radius 2 is 2.50 bits per heavy atom. The number of halogens is 1. The topological polar surface area (TPSA) is 53.4 Å². The quantitative estimate of drug-likeness (QED) is 0.875. The van der Waals surface area contributed by atoms with Crippen LogP contribution in [0.1, 0.15) is 18.4 Å². The zero-order valence-electron chi connectivity index (χ0n) is 8.77. The van der Waals surface area contributed by atoms with E-state index in [4.69, 9.17) is 16.7 Å². The number of rotatable bonds is 3. The smallest absolute Gasteiger partial charge is 0.320 e. The van der Waals surface area contributed by atoms with Gasteiger partial charge in [-0.25, -0.2) is 0 Å². The van der Waals surface area contributed by atoms with E-state index in [-0.39, 0.29) is 6.04 Å². The Morgan fingerprint density at radius 3 is 3.19 bits per heavy atom. The summed E-state index contributed by atoms with van der Waals surface area (Å²) in [6, 6.07) is 1.46. The van der Waals surface area contributed by atoms with E-state index < -0.39 is 5.97 Å². The van der Waals surface area contributed by atoms with Crippen LogP contribution in [0, 0.1) is 0 Å². The van der Waals surface area contributed by atoms with E-state index in [1.807, 2.05) is 11.0 Å². The van der Waals surface area contributed by atoms with Crippen LogP contribution in [0.4, 0.5) is 0 Å². The molecule has 0 aliphatic carbocycles. The van der Waals surface area contributed by atoms with Gasteiger partial charge in [-0.3, -0.25) is 14.7 Å². The second-order valence-electron chi connectivity index (χ2n) is 3.93. The van der Waals surface area contributed by atoms with E-state index in [0.29, 0.717) is 11.6 Å². The molecule has 1 N–H and O–H groups in total. The Balaban J connectivity index is 2.10. The summed E-state index contributed by atoms with van der Waals surface area (Å²) in [6.07, 6.45) is 4.91. The second kappa shape index (κ2) is 4.80. The molecule has 0 radical (unpaired) electrons. The second-order valence-corrected chi connectivity index (χ2v) is 4.34. The first-order valence-corrected chi connectivity index (χ1v) is 5.61. The standard InChI is InChI=1S/C11H13ClN2O2/c12-9-6-13-4-3-8(9)7-14-5-1-2-10(14)11(15)16/h3-4,6,10H,1-2,5,7H2,(H,15,16). The SMILES string of the molecule is O=C(O)C1CCCN1Cc1ccncc1Cl. The van der Waals surface area contributed by atoms with Gasteiger partial charge in [0.15, 0.2) is 0 Å². The van der Waals surface area contributed by atoms with Gasteiger partial charge >= 0.3 is 5.97 Å². The maximum Gasteiger partial charge on any atom is 0.320 e. The molecule has 1 aromatic rings. The Kier molecular flexibility index (Phi) is 3.41. The Hall–Kier alpha value is -1.13. The van der Waals surface area contributed by atoms with Crippen molar-refractivity contribution in [1.29, 1.82) is 0 Å². The first-order chi connectivity index (χ1) is 7.68. The fourth-order valence-corrected chi connectivity index (χ4v) is 2.23. The molecule has 0 spiro atoms. The lowest BCUT2D eigenvalue weighted by Gasteiger charge is -2.21. The third kappa shape index (κ3) is 2.33. The van der Waals surface area contributed by atoms with Crippen molar-refractivity contribution in [3.63, 3.8) is 0 Å². The summed E-state index contributed by atoms with van der Waals surface area (Å²) in [5, 5.41) is 9.64. The minimum atomic E-state index is -0.748. The van der Waals surface area contributed by atoms with E-state index in [2.05, 4.69) is 4.98 Å². The number of nitrogens with zero attached hydrogens (tertiary/aromatic N) is 2. The van der Waals surface area contributed by atoms with Crippen molar-refractivity contribution < 1.29 is 9.90 Å². The van der Waals surface area contributed by atoms with Crippen molar-refractivity contribution in [1.82, 2.24) is 9.88 Å². The van der Waals surface area contributed by atoms with Gasteiger partial charge in [-0.1, -0.05) is 11.6 Å². The molecule has 16 heavy (non-hydrogen) atoms. The summed E-state index contributed by atoms with van der Waals surface area (Å²) in [7, 11) is 0. The highest BCUT2D eigenvalue weighted by Gasteiger charge is 2.30. The summed E-state index contributed by atoms with van der Waals surface area (Å²) in [5.74, 6) is -0.748. The van der Waals surface area contributed by atoms with Gasteiger partial charge in [0.25, 0.3) is 0 Å². The number of aromatic nitrogens is 1. The molecule has 1 fully saturated rings. The third-order valence-electron chi connectivity index (χ3n) is 2.88. The van der Waals surface area contributed by atoms with Crippen molar-refractivity contribution in [2.75, 3.05) is 6.54 Å². The molecule has 1 unspecified atom stereocenters. The van der Waals surface area contributed by atoms with Crippen molar-refractivity contribution in [2.24, 2.45) is 0 Å². The number of carboxylic acid groups (broad SMARTS) is 1. The largest absolute Gasteiger partial charge is 0.480 e. The average molecular weight is 241 g/mol. The number of carboxylic acids is 1. The van der Waals surface area contributed by atoms with Crippen LogP contribution in [0.25, 0.3) is 0 Å². The fraction of sp³-hybridized carbons (Fsp3) is 0.455. The molecular weight excluding hydrogens is 228 g/mol. The molecule has 1 aliphatic rings. The molecule has 0 saturated carbocycles. The van der Waals surface area contributed by atoms with Gasteiger partial charge < -0.3 is 5.11 Å². The fourth-order valence-electron chi connectivity index (χ4n) is 2.05. The van der Waals surface area contributed by atoms with Gasteiger partial charge in [0.2, 0.25) is 0 Å². The van der Waals surface area contributed by atoms with Crippen LogP contribution < -0.4 is 0 Å². The van der Waals surface area contributed by atoms with Gasteiger partial charge in [-0.15, -0.1) is 0 Å². The average Bonchev–Trinajstić information content (AvgIpc) is 2.69. The van der Waals surface area contributed by atoms with E-state index in [0.717, 1.165) is 24.9 Å². The molecule has 1 aromatic heterocycles. The Labute approximate surface area is 98.9 Å². The lowest BCUT2D eigenvalue weighted by atomic mass is 10.2. The molecule has 1 saturated heterocycles. The lowest BCUT2D eigenvalue weighted by molar-refractivity contribution is -0.142. The van der Waals surface area contributed by atoms with Crippen LogP contribution in [0.3, 0.4) is 0 Å². The number of aliphatic carboxylic acids is 1. The van der Waals surface area contributed by atoms with Crippen molar-refractivity contribution in [3.8, 4) is 0 Å². The molecule has 1 aliphatic heterocycles. The van der Waals surface area contributed by atoms with Gasteiger partial charge in [0.05, 0.1) is 5.02 Å². The number of carbonyl (C=O) groups is 1. The maximum atomic E-state index is 11.0. The van der Waals surface area contributed by atoms with Gasteiger partial charge in [-0.05, 0) is 31.0 Å². The summed E-state index contributed by atoms with van der Waals surface area (Å²) >= 11 is 5.99. The third-order valence-corrected chi connectivity index (χ3v) is 3.22. The van der Waals surface area contributed by atoms with Crippen LogP contribution in [0.2, 0.25) is 5.02 Å². The molecule has 5 heteroatoms. The Bertz CT molecular complexity index is 397. The zero-order valence-corrected chi connectivity index (χ0v) is 9.52. The molecule has 0 aromatic carbocycles. The minimum Gasteiger partial charge on any atom is -0.480 e. The molecule has 0 amide bonds. The van der Waals surface area contributed by atoms with Crippen LogP contribution >= 0.6 is 11.6 Å². The molecule has 4 nitrogen and oxygen atoms in total. The molecule has 1 atom stereocenters. The lowest BCUT2D eigenvalue weighted by Crippen LogP contribution is -2.35. The van der Waals surface area contributed by atoms with Crippen LogP contribution in [0.15, 0.2) is 18.5 Å². The molecule has 2 heterocycles. The molecule has 86 valence electrons. The number of pyridine rings is 1. The number of likely N-dealkylation sites (tertiary alicyclic amines) is 1. The van der Waals surface area contributed by atoms with Crippen molar-refractivity contribution in [2.45, 2.75) is 25.4 Å². The number of hydrogen-bond donors (Lipinski definition) is 1. The molecule has 0 bridgehead atoms. The van der Waals surface area contributed by atoms with Crippen molar-refractivity contribution in [3.05, 3.63) is 29.0 Å². The van der Waals surface area contributed by atoms with Gasteiger partial charge in [0, 0.05) is 18.9 Å². The summed E-state index contributed by atoms with van der Waals surface area (Å²) in [4.78, 5) is 16.9. The molecular formula is C11H13ClN2O2. The predicted octanol–water partition coefficient (Wildman–Crippen LogP) is 1.78. The predicted molar refractivity (Wildman–Crippen MR) is 60.3 cm³/mol. The molecule has 2 rings (SSSR count). The maximum absolute atomic E-state index is 11.0. The minimum absolute atomic E-state index is 0.371. The van der Waals surface area contributed by atoms with E-state index in [1.54, 1.807) is 12.4 Å². The van der Waals surface area contributed by atoms with Gasteiger partial charge in [-0.2, -0.15) is 0 Å². The van der Waals surface area contributed by atoms with Crippen molar-refractivity contribution >= 4 is 17.6 Å². The van der Waals surface area contributed by atoms with Crippen LogP contribution in [-0.4, -0.2) is 33.5 Å².